The van der Waals surface area contributed by atoms with Gasteiger partial charge in [0.25, 0.3) is 0 Å². The fraction of sp³-hybridized carbons (Fsp3) is 1.00. The lowest BCUT2D eigenvalue weighted by Crippen LogP contribution is -2.89. The molecule has 0 saturated heterocycles. The van der Waals surface area contributed by atoms with Crippen LogP contribution in [-0.4, -0.2) is 24.3 Å². The van der Waals surface area contributed by atoms with Crippen molar-refractivity contribution in [2.45, 2.75) is 37.8 Å². The van der Waals surface area contributed by atoms with Gasteiger partial charge < -0.3 is 10.4 Å². The molecule has 1 saturated carbocycles. The van der Waals surface area contributed by atoms with Gasteiger partial charge in [-0.15, -0.1) is 0 Å². The number of quaternary nitrogens is 1. The molecule has 0 heterocycles. The van der Waals surface area contributed by atoms with Gasteiger partial charge in [-0.2, -0.15) is 0 Å². The lowest BCUT2D eigenvalue weighted by Gasteiger charge is -2.23. The second kappa shape index (κ2) is 3.18. The monoisotopic (exact) mass is 130 g/mol. The van der Waals surface area contributed by atoms with Gasteiger partial charge in [0.15, 0.2) is 0 Å². The number of hydrogen-bond acceptors (Lipinski definition) is 1. The van der Waals surface area contributed by atoms with Crippen LogP contribution in [-0.2, 0) is 0 Å². The van der Waals surface area contributed by atoms with E-state index in [9.17, 15) is 5.11 Å². The largest absolute Gasteiger partial charge is 0.387 e. The fourth-order valence-corrected chi connectivity index (χ4v) is 1.53. The molecule has 1 aliphatic carbocycles. The van der Waals surface area contributed by atoms with Crippen molar-refractivity contribution < 1.29 is 10.4 Å². The maximum atomic E-state index is 9.34. The van der Waals surface area contributed by atoms with Crippen molar-refractivity contribution in [3.8, 4) is 0 Å². The zero-order chi connectivity index (χ0) is 6.69. The first-order valence-corrected chi connectivity index (χ1v) is 3.82. The number of rotatable bonds is 1. The maximum Gasteiger partial charge on any atom is 0.112 e. The molecule has 54 valence electrons. The third-order valence-corrected chi connectivity index (χ3v) is 2.21. The Kier molecular flexibility index (Phi) is 2.49. The molecule has 9 heavy (non-hydrogen) atoms. The molecule has 2 atom stereocenters. The summed E-state index contributed by atoms with van der Waals surface area (Å²) < 4.78 is 0. The minimum absolute atomic E-state index is 0.0382. The molecule has 3 N–H and O–H groups in total. The first kappa shape index (κ1) is 7.03. The SMILES string of the molecule is C[NH2+][C@H]1CCCC[C@@H]1O. The van der Waals surface area contributed by atoms with Gasteiger partial charge in [-0.05, 0) is 12.8 Å². The van der Waals surface area contributed by atoms with E-state index in [1.807, 2.05) is 7.05 Å². The zero-order valence-electron chi connectivity index (χ0n) is 6.01. The third kappa shape index (κ3) is 1.66. The van der Waals surface area contributed by atoms with E-state index in [2.05, 4.69) is 5.32 Å². The molecular weight excluding hydrogens is 114 g/mol. The van der Waals surface area contributed by atoms with Gasteiger partial charge in [0.05, 0.1) is 7.05 Å². The van der Waals surface area contributed by atoms with E-state index in [0.29, 0.717) is 6.04 Å². The number of aliphatic hydroxyl groups excluding tert-OH is 1. The Morgan fingerprint density at radius 2 is 2.00 bits per heavy atom. The molecule has 2 heteroatoms. The molecule has 0 amide bonds. The predicted octanol–water partition coefficient (Wildman–Crippen LogP) is -0.517. The predicted molar refractivity (Wildman–Crippen MR) is 36.1 cm³/mol. The number of likely N-dealkylation sites (N-methyl/N-ethyl adjacent to an activating group) is 1. The highest BCUT2D eigenvalue weighted by Gasteiger charge is 2.23. The maximum absolute atomic E-state index is 9.34. The summed E-state index contributed by atoms with van der Waals surface area (Å²) in [5.41, 5.74) is 0. The van der Waals surface area contributed by atoms with Crippen molar-refractivity contribution in [1.29, 1.82) is 0 Å². The molecule has 0 aromatic rings. The standard InChI is InChI=1S/C7H15NO/c1-8-6-4-2-3-5-7(6)9/h6-9H,2-5H2,1H3/p+1/t6-,7-/m0/s1. The van der Waals surface area contributed by atoms with E-state index >= 15 is 0 Å². The Hall–Kier alpha value is -0.0800. The van der Waals surface area contributed by atoms with Crippen molar-refractivity contribution in [3.05, 3.63) is 0 Å². The second-order valence-corrected chi connectivity index (χ2v) is 2.85. The van der Waals surface area contributed by atoms with Crippen LogP contribution in [0.25, 0.3) is 0 Å². The average molecular weight is 130 g/mol. The first-order valence-electron chi connectivity index (χ1n) is 3.82. The summed E-state index contributed by atoms with van der Waals surface area (Å²) in [7, 11) is 2.04. The smallest absolute Gasteiger partial charge is 0.112 e. The Bertz CT molecular complexity index is 85.0. The van der Waals surface area contributed by atoms with Crippen molar-refractivity contribution in [1.82, 2.24) is 0 Å². The first-order chi connectivity index (χ1) is 4.34. The van der Waals surface area contributed by atoms with Crippen LogP contribution in [0.1, 0.15) is 25.7 Å². The summed E-state index contributed by atoms with van der Waals surface area (Å²) in [5.74, 6) is 0. The molecular formula is C7H16NO+. The van der Waals surface area contributed by atoms with Gasteiger partial charge in [0.2, 0.25) is 0 Å². The topological polar surface area (TPSA) is 36.8 Å². The van der Waals surface area contributed by atoms with Crippen LogP contribution in [0, 0.1) is 0 Å². The molecule has 0 aromatic carbocycles. The molecule has 1 rings (SSSR count). The normalized spacial score (nSPS) is 36.7. The van der Waals surface area contributed by atoms with E-state index in [1.165, 1.54) is 19.3 Å². The van der Waals surface area contributed by atoms with E-state index in [1.54, 1.807) is 0 Å². The molecule has 0 spiro atoms. The van der Waals surface area contributed by atoms with E-state index in [0.717, 1.165) is 6.42 Å². The molecule has 1 aliphatic rings. The summed E-state index contributed by atoms with van der Waals surface area (Å²) >= 11 is 0. The van der Waals surface area contributed by atoms with E-state index < -0.39 is 0 Å². The zero-order valence-corrected chi connectivity index (χ0v) is 6.01. The molecule has 0 unspecified atom stereocenters. The van der Waals surface area contributed by atoms with Gasteiger partial charge >= 0.3 is 0 Å². The fourth-order valence-electron chi connectivity index (χ4n) is 1.53. The molecule has 0 bridgehead atoms. The molecule has 1 fully saturated rings. The summed E-state index contributed by atoms with van der Waals surface area (Å²) in [4.78, 5) is 0. The van der Waals surface area contributed by atoms with Crippen LogP contribution in [0.15, 0.2) is 0 Å². The molecule has 0 radical (unpaired) electrons. The van der Waals surface area contributed by atoms with Gasteiger partial charge in [-0.3, -0.25) is 0 Å². The third-order valence-electron chi connectivity index (χ3n) is 2.21. The van der Waals surface area contributed by atoms with Gasteiger partial charge in [-0.1, -0.05) is 6.42 Å². The minimum Gasteiger partial charge on any atom is -0.387 e. The molecule has 0 aliphatic heterocycles. The highest BCUT2D eigenvalue weighted by molar-refractivity contribution is 4.71. The lowest BCUT2D eigenvalue weighted by molar-refractivity contribution is -0.673. The summed E-state index contributed by atoms with van der Waals surface area (Å²) in [5, 5.41) is 11.5. The quantitative estimate of drug-likeness (QED) is 0.492. The number of nitrogens with two attached hydrogens (primary N) is 1. The second-order valence-electron chi connectivity index (χ2n) is 2.85. The number of hydrogen-bond donors (Lipinski definition) is 2. The Balaban J connectivity index is 2.30. The van der Waals surface area contributed by atoms with Gasteiger partial charge in [0, 0.05) is 6.42 Å². The van der Waals surface area contributed by atoms with E-state index in [4.69, 9.17) is 0 Å². The van der Waals surface area contributed by atoms with E-state index in [-0.39, 0.29) is 6.10 Å². The van der Waals surface area contributed by atoms with Crippen LogP contribution in [0.5, 0.6) is 0 Å². The Labute approximate surface area is 56.3 Å². The molecule has 2 nitrogen and oxygen atoms in total. The van der Waals surface area contributed by atoms with Gasteiger partial charge in [0.1, 0.15) is 12.1 Å². The van der Waals surface area contributed by atoms with Crippen LogP contribution < -0.4 is 5.32 Å². The van der Waals surface area contributed by atoms with Crippen molar-refractivity contribution in [3.63, 3.8) is 0 Å². The number of aliphatic hydroxyl groups is 1. The summed E-state index contributed by atoms with van der Waals surface area (Å²) in [6.07, 6.45) is 4.67. The van der Waals surface area contributed by atoms with Crippen molar-refractivity contribution >= 4 is 0 Å². The van der Waals surface area contributed by atoms with Crippen molar-refractivity contribution in [2.75, 3.05) is 7.05 Å². The van der Waals surface area contributed by atoms with Gasteiger partial charge in [-0.25, -0.2) is 0 Å². The molecule has 0 aromatic heterocycles. The van der Waals surface area contributed by atoms with Crippen LogP contribution >= 0.6 is 0 Å². The highest BCUT2D eigenvalue weighted by atomic mass is 16.3. The van der Waals surface area contributed by atoms with Crippen LogP contribution in [0.2, 0.25) is 0 Å². The minimum atomic E-state index is -0.0382. The summed E-state index contributed by atoms with van der Waals surface area (Å²) in [6.45, 7) is 0. The highest BCUT2D eigenvalue weighted by Crippen LogP contribution is 2.15. The Morgan fingerprint density at radius 3 is 2.44 bits per heavy atom. The van der Waals surface area contributed by atoms with Crippen LogP contribution in [0.4, 0.5) is 0 Å². The lowest BCUT2D eigenvalue weighted by atomic mass is 9.93. The average Bonchev–Trinajstić information content (AvgIpc) is 1.89. The Morgan fingerprint density at radius 1 is 1.33 bits per heavy atom. The van der Waals surface area contributed by atoms with Crippen molar-refractivity contribution in [2.24, 2.45) is 0 Å². The summed E-state index contributed by atoms with van der Waals surface area (Å²) in [6, 6.07) is 0.485. The van der Waals surface area contributed by atoms with Crippen LogP contribution in [0.3, 0.4) is 0 Å².